The molecule has 0 N–H and O–H groups in total. The van der Waals surface area contributed by atoms with Gasteiger partial charge in [-0.25, -0.2) is 4.79 Å². The third-order valence-electron chi connectivity index (χ3n) is 1.64. The van der Waals surface area contributed by atoms with Gasteiger partial charge in [0.2, 0.25) is 0 Å². The van der Waals surface area contributed by atoms with E-state index in [2.05, 4.69) is 22.5 Å². The van der Waals surface area contributed by atoms with Crippen molar-refractivity contribution in [3.63, 3.8) is 0 Å². The maximum Gasteiger partial charge on any atom is 0.330 e. The van der Waals surface area contributed by atoms with Crippen molar-refractivity contribution in [3.8, 4) is 0 Å². The van der Waals surface area contributed by atoms with Crippen molar-refractivity contribution in [2.24, 2.45) is 0 Å². The summed E-state index contributed by atoms with van der Waals surface area (Å²) in [6, 6.07) is 0. The molecular formula is C10H15BrO4. The fourth-order valence-corrected chi connectivity index (χ4v) is 0.835. The molecule has 15 heavy (non-hydrogen) atoms. The second-order valence-electron chi connectivity index (χ2n) is 2.92. The van der Waals surface area contributed by atoms with Crippen LogP contribution in [0.4, 0.5) is 0 Å². The minimum Gasteiger partial charge on any atom is -0.459 e. The molecule has 0 aromatic carbocycles. The van der Waals surface area contributed by atoms with Gasteiger partial charge in [-0.3, -0.25) is 4.79 Å². The summed E-state index contributed by atoms with van der Waals surface area (Å²) >= 11 is 3.09. The SMILES string of the molecule is C=CC(=O)OCC(CC)OC(=O)C(C)Br. The molecule has 0 fully saturated rings. The van der Waals surface area contributed by atoms with E-state index in [9.17, 15) is 9.59 Å². The van der Waals surface area contributed by atoms with Crippen molar-refractivity contribution in [1.29, 1.82) is 0 Å². The highest BCUT2D eigenvalue weighted by molar-refractivity contribution is 9.10. The van der Waals surface area contributed by atoms with Gasteiger partial charge < -0.3 is 9.47 Å². The number of hydrogen-bond acceptors (Lipinski definition) is 4. The molecule has 0 aromatic rings. The van der Waals surface area contributed by atoms with Crippen LogP contribution >= 0.6 is 15.9 Å². The summed E-state index contributed by atoms with van der Waals surface area (Å²) in [6.45, 7) is 6.84. The van der Waals surface area contributed by atoms with Crippen LogP contribution in [0, 0.1) is 0 Å². The molecule has 0 amide bonds. The van der Waals surface area contributed by atoms with Crippen molar-refractivity contribution in [2.45, 2.75) is 31.2 Å². The number of hydrogen-bond donors (Lipinski definition) is 0. The van der Waals surface area contributed by atoms with Crippen LogP contribution in [-0.2, 0) is 19.1 Å². The molecule has 2 unspecified atom stereocenters. The minimum absolute atomic E-state index is 0.0623. The van der Waals surface area contributed by atoms with Crippen LogP contribution in [0.2, 0.25) is 0 Å². The van der Waals surface area contributed by atoms with Gasteiger partial charge in [0.05, 0.1) is 0 Å². The predicted octanol–water partition coefficient (Wildman–Crippen LogP) is 1.82. The van der Waals surface area contributed by atoms with E-state index < -0.39 is 12.1 Å². The lowest BCUT2D eigenvalue weighted by Crippen LogP contribution is -2.27. The van der Waals surface area contributed by atoms with E-state index in [1.807, 2.05) is 6.92 Å². The number of carbonyl (C=O) groups is 2. The van der Waals surface area contributed by atoms with Crippen molar-refractivity contribution in [3.05, 3.63) is 12.7 Å². The van der Waals surface area contributed by atoms with Gasteiger partial charge in [0.25, 0.3) is 0 Å². The van der Waals surface area contributed by atoms with Gasteiger partial charge in [-0.15, -0.1) is 0 Å². The fraction of sp³-hybridized carbons (Fsp3) is 0.600. The Kier molecular flexibility index (Phi) is 7.03. The molecule has 0 heterocycles. The number of halogens is 1. The lowest BCUT2D eigenvalue weighted by Gasteiger charge is -2.16. The third kappa shape index (κ3) is 6.28. The molecule has 0 rings (SSSR count). The molecule has 5 heteroatoms. The third-order valence-corrected chi connectivity index (χ3v) is 2.01. The van der Waals surface area contributed by atoms with Crippen LogP contribution in [0.1, 0.15) is 20.3 Å². The van der Waals surface area contributed by atoms with Gasteiger partial charge in [0, 0.05) is 6.08 Å². The van der Waals surface area contributed by atoms with Gasteiger partial charge in [0.15, 0.2) is 0 Å². The molecule has 0 radical (unpaired) electrons. The summed E-state index contributed by atoms with van der Waals surface area (Å²) in [7, 11) is 0. The molecule has 86 valence electrons. The van der Waals surface area contributed by atoms with Crippen LogP contribution in [0.3, 0.4) is 0 Å². The van der Waals surface area contributed by atoms with Crippen LogP contribution in [0.15, 0.2) is 12.7 Å². The Bertz CT molecular complexity index is 238. The lowest BCUT2D eigenvalue weighted by molar-refractivity contribution is -0.156. The monoisotopic (exact) mass is 278 g/mol. The van der Waals surface area contributed by atoms with E-state index in [1.165, 1.54) is 0 Å². The first-order valence-corrected chi connectivity index (χ1v) is 5.56. The highest BCUT2D eigenvalue weighted by atomic mass is 79.9. The van der Waals surface area contributed by atoms with Crippen molar-refractivity contribution in [2.75, 3.05) is 6.61 Å². The Balaban J connectivity index is 3.98. The summed E-state index contributed by atoms with van der Waals surface area (Å²) in [5.41, 5.74) is 0. The summed E-state index contributed by atoms with van der Waals surface area (Å²) in [4.78, 5) is 21.6. The summed E-state index contributed by atoms with van der Waals surface area (Å²) < 4.78 is 9.83. The van der Waals surface area contributed by atoms with E-state index in [0.717, 1.165) is 6.08 Å². The molecule has 0 spiro atoms. The first-order chi connectivity index (χ1) is 7.01. The topological polar surface area (TPSA) is 52.6 Å². The molecule has 0 saturated carbocycles. The zero-order valence-corrected chi connectivity index (χ0v) is 10.5. The fourth-order valence-electron chi connectivity index (χ4n) is 0.727. The number of alkyl halides is 1. The predicted molar refractivity (Wildman–Crippen MR) is 59.7 cm³/mol. The molecular weight excluding hydrogens is 264 g/mol. The molecule has 0 saturated heterocycles. The van der Waals surface area contributed by atoms with Crippen molar-refractivity contribution >= 4 is 27.9 Å². The first-order valence-electron chi connectivity index (χ1n) is 4.65. The van der Waals surface area contributed by atoms with Crippen LogP contribution in [-0.4, -0.2) is 29.5 Å². The summed E-state index contributed by atoms with van der Waals surface area (Å²) in [5.74, 6) is -0.882. The largest absolute Gasteiger partial charge is 0.459 e. The van der Waals surface area contributed by atoms with Crippen molar-refractivity contribution < 1.29 is 19.1 Å². The quantitative estimate of drug-likeness (QED) is 0.423. The zero-order valence-electron chi connectivity index (χ0n) is 8.86. The van der Waals surface area contributed by atoms with Crippen molar-refractivity contribution in [1.82, 2.24) is 0 Å². The van der Waals surface area contributed by atoms with E-state index in [4.69, 9.17) is 9.47 Å². The maximum absolute atomic E-state index is 11.2. The zero-order chi connectivity index (χ0) is 11.8. The molecule has 0 aliphatic carbocycles. The van der Waals surface area contributed by atoms with E-state index >= 15 is 0 Å². The molecule has 4 nitrogen and oxygen atoms in total. The number of rotatable bonds is 6. The van der Waals surface area contributed by atoms with Crippen LogP contribution in [0.5, 0.6) is 0 Å². The number of carbonyl (C=O) groups excluding carboxylic acids is 2. The normalized spacial score (nSPS) is 13.8. The number of esters is 2. The molecule has 0 aliphatic heterocycles. The minimum atomic E-state index is -0.517. The molecule has 0 bridgehead atoms. The standard InChI is InChI=1S/C10H15BrO4/c1-4-8(6-14-9(12)5-2)15-10(13)7(3)11/h5,7-8H,2,4,6H2,1,3H3. The summed E-state index contributed by atoms with van der Waals surface area (Å²) in [6.07, 6.45) is 1.26. The molecule has 0 aliphatic rings. The summed E-state index contributed by atoms with van der Waals surface area (Å²) in [5, 5.41) is 0. The maximum atomic E-state index is 11.2. The Morgan fingerprint density at radius 3 is 2.53 bits per heavy atom. The van der Waals surface area contributed by atoms with E-state index in [1.54, 1.807) is 6.92 Å². The van der Waals surface area contributed by atoms with Gasteiger partial charge in [-0.05, 0) is 13.3 Å². The lowest BCUT2D eigenvalue weighted by atomic mass is 10.3. The van der Waals surface area contributed by atoms with E-state index in [0.29, 0.717) is 6.42 Å². The van der Waals surface area contributed by atoms with Crippen LogP contribution < -0.4 is 0 Å². The van der Waals surface area contributed by atoms with Gasteiger partial charge in [0.1, 0.15) is 17.5 Å². The first kappa shape index (κ1) is 14.2. The van der Waals surface area contributed by atoms with Crippen LogP contribution in [0.25, 0.3) is 0 Å². The Hall–Kier alpha value is -0.840. The second kappa shape index (κ2) is 7.45. The average molecular weight is 279 g/mol. The Morgan fingerprint density at radius 2 is 2.13 bits per heavy atom. The molecule has 0 aromatic heterocycles. The van der Waals surface area contributed by atoms with Gasteiger partial charge in [-0.2, -0.15) is 0 Å². The Labute approximate surface area is 97.8 Å². The van der Waals surface area contributed by atoms with Gasteiger partial charge >= 0.3 is 11.9 Å². The highest BCUT2D eigenvalue weighted by Gasteiger charge is 2.17. The van der Waals surface area contributed by atoms with E-state index in [-0.39, 0.29) is 17.4 Å². The van der Waals surface area contributed by atoms with Gasteiger partial charge in [-0.1, -0.05) is 29.4 Å². The molecule has 2 atom stereocenters. The second-order valence-corrected chi connectivity index (χ2v) is 4.29. The number of ether oxygens (including phenoxy) is 2. The average Bonchev–Trinajstić information content (AvgIpc) is 2.22. The highest BCUT2D eigenvalue weighted by Crippen LogP contribution is 2.06. The Morgan fingerprint density at radius 1 is 1.53 bits per heavy atom. The smallest absolute Gasteiger partial charge is 0.330 e.